The Balaban J connectivity index is 2.37. The van der Waals surface area contributed by atoms with Gasteiger partial charge in [0.15, 0.2) is 6.61 Å². The topological polar surface area (TPSA) is 56.2 Å². The highest BCUT2D eigenvalue weighted by Crippen LogP contribution is 2.13. The molecule has 1 heterocycles. The number of hydrogen-bond acceptors (Lipinski definition) is 3. The van der Waals surface area contributed by atoms with Gasteiger partial charge in [-0.25, -0.2) is 10.5 Å². The van der Waals surface area contributed by atoms with Crippen molar-refractivity contribution >= 4 is 5.91 Å². The monoisotopic (exact) mass is 223 g/mol. The molecule has 1 N–H and O–H groups in total. The molecule has 0 aliphatic heterocycles. The van der Waals surface area contributed by atoms with Gasteiger partial charge in [-0.1, -0.05) is 0 Å². The van der Waals surface area contributed by atoms with Gasteiger partial charge >= 0.3 is 6.18 Å². The summed E-state index contributed by atoms with van der Waals surface area (Å²) in [7, 11) is 1.63. The first kappa shape index (κ1) is 11.5. The molecule has 0 atom stereocenters. The largest absolute Gasteiger partial charge is 0.414 e. The van der Waals surface area contributed by atoms with E-state index in [1.807, 2.05) is 0 Å². The van der Waals surface area contributed by atoms with Gasteiger partial charge in [0.05, 0.1) is 6.33 Å². The number of carbonyl (C=O) groups excluding carboxylic acids is 1. The second-order valence-corrected chi connectivity index (χ2v) is 2.76. The van der Waals surface area contributed by atoms with Crippen LogP contribution in [0.15, 0.2) is 12.5 Å². The van der Waals surface area contributed by atoms with E-state index in [2.05, 4.69) is 9.82 Å². The Kier molecular flexibility index (Phi) is 3.30. The maximum absolute atomic E-state index is 11.6. The van der Waals surface area contributed by atoms with Gasteiger partial charge in [0.25, 0.3) is 5.91 Å². The minimum absolute atomic E-state index is 0.0142. The van der Waals surface area contributed by atoms with Crippen LogP contribution in [0.1, 0.15) is 10.5 Å². The Hall–Kier alpha value is -1.57. The maximum Gasteiger partial charge on any atom is 0.414 e. The second-order valence-electron chi connectivity index (χ2n) is 2.76. The fourth-order valence-electron chi connectivity index (χ4n) is 0.766. The Morgan fingerprint density at radius 2 is 2.33 bits per heavy atom. The lowest BCUT2D eigenvalue weighted by atomic mass is 10.5. The predicted molar refractivity (Wildman–Crippen MR) is 42.7 cm³/mol. The molecular weight excluding hydrogens is 215 g/mol. The van der Waals surface area contributed by atoms with Gasteiger partial charge in [0.2, 0.25) is 0 Å². The van der Waals surface area contributed by atoms with E-state index < -0.39 is 18.7 Å². The SMILES string of the molecule is Cn1cnc(C(=O)NOCC(F)(F)F)c1. The molecule has 0 fully saturated rings. The van der Waals surface area contributed by atoms with Gasteiger partial charge in [0.1, 0.15) is 5.69 Å². The van der Waals surface area contributed by atoms with Crippen LogP contribution in [-0.2, 0) is 11.9 Å². The molecule has 5 nitrogen and oxygen atoms in total. The highest BCUT2D eigenvalue weighted by molar-refractivity contribution is 5.91. The van der Waals surface area contributed by atoms with Crippen molar-refractivity contribution in [3.63, 3.8) is 0 Å². The van der Waals surface area contributed by atoms with E-state index in [0.29, 0.717) is 0 Å². The summed E-state index contributed by atoms with van der Waals surface area (Å²) in [6.45, 7) is -1.54. The Bertz CT molecular complexity index is 347. The van der Waals surface area contributed by atoms with Crippen LogP contribution in [0.4, 0.5) is 13.2 Å². The molecule has 0 saturated heterocycles. The van der Waals surface area contributed by atoms with Gasteiger partial charge in [0, 0.05) is 13.2 Å². The number of imidazole rings is 1. The number of amides is 1. The molecule has 0 bridgehead atoms. The van der Waals surface area contributed by atoms with Crippen molar-refractivity contribution in [2.75, 3.05) is 6.61 Å². The maximum atomic E-state index is 11.6. The highest BCUT2D eigenvalue weighted by atomic mass is 19.4. The Morgan fingerprint density at radius 1 is 1.67 bits per heavy atom. The second kappa shape index (κ2) is 4.30. The van der Waals surface area contributed by atoms with Gasteiger partial charge in [-0.3, -0.25) is 9.63 Å². The summed E-state index contributed by atoms with van der Waals surface area (Å²) < 4.78 is 36.3. The molecule has 0 radical (unpaired) electrons. The summed E-state index contributed by atoms with van der Waals surface area (Å²) in [5, 5.41) is 0. The number of halogens is 3. The summed E-state index contributed by atoms with van der Waals surface area (Å²) in [5.74, 6) is -0.820. The van der Waals surface area contributed by atoms with Crippen molar-refractivity contribution in [2.24, 2.45) is 7.05 Å². The molecular formula is C7H8F3N3O2. The number of nitrogens with one attached hydrogen (secondary N) is 1. The fourth-order valence-corrected chi connectivity index (χ4v) is 0.766. The zero-order valence-corrected chi connectivity index (χ0v) is 7.71. The number of aryl methyl sites for hydroxylation is 1. The van der Waals surface area contributed by atoms with Crippen LogP contribution in [-0.4, -0.2) is 28.2 Å². The lowest BCUT2D eigenvalue weighted by molar-refractivity contribution is -0.184. The van der Waals surface area contributed by atoms with Crippen LogP contribution in [0.5, 0.6) is 0 Å². The summed E-state index contributed by atoms with van der Waals surface area (Å²) in [5.41, 5.74) is 1.62. The lowest BCUT2D eigenvalue weighted by Gasteiger charge is -2.06. The summed E-state index contributed by atoms with van der Waals surface area (Å²) in [4.78, 5) is 18.6. The molecule has 0 unspecified atom stereocenters. The number of rotatable bonds is 3. The third-order valence-corrected chi connectivity index (χ3v) is 1.34. The molecule has 1 aromatic rings. The molecule has 15 heavy (non-hydrogen) atoms. The Labute approximate surface area is 82.8 Å². The molecule has 1 amide bonds. The fraction of sp³-hybridized carbons (Fsp3) is 0.429. The van der Waals surface area contributed by atoms with Crippen molar-refractivity contribution in [3.05, 3.63) is 18.2 Å². The molecule has 0 aliphatic rings. The average molecular weight is 223 g/mol. The highest BCUT2D eigenvalue weighted by Gasteiger charge is 2.28. The average Bonchev–Trinajstić information content (AvgIpc) is 2.49. The van der Waals surface area contributed by atoms with E-state index in [-0.39, 0.29) is 5.69 Å². The summed E-state index contributed by atoms with van der Waals surface area (Å²) in [6, 6.07) is 0. The van der Waals surface area contributed by atoms with Crippen LogP contribution in [0.3, 0.4) is 0 Å². The number of alkyl halides is 3. The number of hydroxylamine groups is 1. The molecule has 1 rings (SSSR count). The zero-order valence-electron chi connectivity index (χ0n) is 7.71. The minimum atomic E-state index is -4.47. The van der Waals surface area contributed by atoms with Crippen LogP contribution < -0.4 is 5.48 Å². The number of hydrogen-bond donors (Lipinski definition) is 1. The van der Waals surface area contributed by atoms with Crippen molar-refractivity contribution in [1.29, 1.82) is 0 Å². The van der Waals surface area contributed by atoms with E-state index in [0.717, 1.165) is 0 Å². The van der Waals surface area contributed by atoms with Crippen LogP contribution >= 0.6 is 0 Å². The quantitative estimate of drug-likeness (QED) is 0.765. The van der Waals surface area contributed by atoms with E-state index in [1.165, 1.54) is 17.1 Å². The van der Waals surface area contributed by atoms with Crippen LogP contribution in [0, 0.1) is 0 Å². The standard InChI is InChI=1S/C7H8F3N3O2/c1-13-2-5(11-4-13)6(14)12-15-3-7(8,9)10/h2,4H,3H2,1H3,(H,12,14). The first-order chi connectivity index (χ1) is 6.88. The zero-order chi connectivity index (χ0) is 11.5. The number of carbonyl (C=O) groups is 1. The van der Waals surface area contributed by atoms with E-state index in [4.69, 9.17) is 0 Å². The predicted octanol–water partition coefficient (Wildman–Crippen LogP) is 0.644. The van der Waals surface area contributed by atoms with Crippen molar-refractivity contribution in [2.45, 2.75) is 6.18 Å². The van der Waals surface area contributed by atoms with Gasteiger partial charge < -0.3 is 4.57 Å². The summed E-state index contributed by atoms with van der Waals surface area (Å²) >= 11 is 0. The van der Waals surface area contributed by atoms with Crippen LogP contribution in [0.2, 0.25) is 0 Å². The van der Waals surface area contributed by atoms with Crippen molar-refractivity contribution < 1.29 is 22.8 Å². The normalized spacial score (nSPS) is 11.5. The third-order valence-electron chi connectivity index (χ3n) is 1.34. The molecule has 0 aromatic carbocycles. The number of nitrogens with zero attached hydrogens (tertiary/aromatic N) is 2. The van der Waals surface area contributed by atoms with E-state index in [1.54, 1.807) is 12.5 Å². The molecule has 0 spiro atoms. The first-order valence-electron chi connectivity index (χ1n) is 3.85. The van der Waals surface area contributed by atoms with Gasteiger partial charge in [-0.15, -0.1) is 0 Å². The van der Waals surface area contributed by atoms with Crippen LogP contribution in [0.25, 0.3) is 0 Å². The molecule has 0 saturated carbocycles. The van der Waals surface area contributed by atoms with Crippen molar-refractivity contribution in [3.8, 4) is 0 Å². The first-order valence-corrected chi connectivity index (χ1v) is 3.85. The van der Waals surface area contributed by atoms with E-state index >= 15 is 0 Å². The smallest absolute Gasteiger partial charge is 0.340 e. The summed E-state index contributed by atoms with van der Waals surface area (Å²) in [6.07, 6.45) is -1.78. The van der Waals surface area contributed by atoms with E-state index in [9.17, 15) is 18.0 Å². The molecule has 1 aromatic heterocycles. The third kappa shape index (κ3) is 3.98. The van der Waals surface area contributed by atoms with Gasteiger partial charge in [-0.05, 0) is 0 Å². The lowest BCUT2D eigenvalue weighted by Crippen LogP contribution is -2.29. The van der Waals surface area contributed by atoms with Crippen molar-refractivity contribution in [1.82, 2.24) is 15.0 Å². The molecule has 84 valence electrons. The van der Waals surface area contributed by atoms with Gasteiger partial charge in [-0.2, -0.15) is 13.2 Å². The molecule has 0 aliphatic carbocycles. The number of aromatic nitrogens is 2. The minimum Gasteiger partial charge on any atom is -0.340 e. The molecule has 8 heteroatoms. The Morgan fingerprint density at radius 3 is 2.80 bits per heavy atom.